The van der Waals surface area contributed by atoms with Crippen LogP contribution in [0.25, 0.3) is 10.9 Å². The molecule has 0 bridgehead atoms. The molecule has 4 rings (SSSR count). The van der Waals surface area contributed by atoms with Gasteiger partial charge in [0.25, 0.3) is 0 Å². The van der Waals surface area contributed by atoms with E-state index in [-0.39, 0.29) is 5.75 Å². The lowest BCUT2D eigenvalue weighted by molar-refractivity contribution is 0.361. The fourth-order valence-corrected chi connectivity index (χ4v) is 5.21. The van der Waals surface area contributed by atoms with Gasteiger partial charge in [0.1, 0.15) is 5.75 Å². The number of rotatable bonds is 6. The Kier molecular flexibility index (Phi) is 5.52. The summed E-state index contributed by atoms with van der Waals surface area (Å²) in [6, 6.07) is 22.7. The van der Waals surface area contributed by atoms with Gasteiger partial charge < -0.3 is 14.9 Å². The van der Waals surface area contributed by atoms with Crippen LogP contribution < -0.4 is 0 Å². The number of nitrogens with zero attached hydrogens (tertiary/aromatic N) is 1. The summed E-state index contributed by atoms with van der Waals surface area (Å²) in [5.74, 6) is 0.131. The summed E-state index contributed by atoms with van der Waals surface area (Å²) in [4.78, 5) is 20.3. The van der Waals surface area contributed by atoms with Crippen molar-refractivity contribution in [3.05, 3.63) is 101 Å². The molecule has 4 aromatic rings. The van der Waals surface area contributed by atoms with Gasteiger partial charge >= 0.3 is 7.75 Å². The molecule has 0 unspecified atom stereocenters. The third-order valence-electron chi connectivity index (χ3n) is 5.44. The SMILES string of the molecule is CCc1c(Cc2ccccc2)c2c(Cc3ccccc3)c(O)ccc2n1P(=O)(O)O. The predicted molar refractivity (Wildman–Crippen MR) is 119 cm³/mol. The molecule has 1 aromatic heterocycles. The van der Waals surface area contributed by atoms with Gasteiger partial charge in [0, 0.05) is 23.1 Å². The maximum absolute atomic E-state index is 12.4. The van der Waals surface area contributed by atoms with Crippen LogP contribution in [-0.4, -0.2) is 19.2 Å². The summed E-state index contributed by atoms with van der Waals surface area (Å²) in [6.07, 6.45) is 1.46. The zero-order chi connectivity index (χ0) is 21.3. The Morgan fingerprint density at radius 1 is 0.800 bits per heavy atom. The highest BCUT2D eigenvalue weighted by Crippen LogP contribution is 2.47. The largest absolute Gasteiger partial charge is 0.508 e. The summed E-state index contributed by atoms with van der Waals surface area (Å²) in [5, 5.41) is 11.5. The van der Waals surface area contributed by atoms with Crippen molar-refractivity contribution in [3.63, 3.8) is 0 Å². The number of phenolic OH excluding ortho intramolecular Hbond substituents is 1. The smallest absolute Gasteiger partial charge is 0.434 e. The van der Waals surface area contributed by atoms with Gasteiger partial charge in [0.2, 0.25) is 0 Å². The average molecular weight is 421 g/mol. The first-order valence-electron chi connectivity index (χ1n) is 9.91. The molecule has 3 aromatic carbocycles. The highest BCUT2D eigenvalue weighted by molar-refractivity contribution is 7.50. The van der Waals surface area contributed by atoms with Crippen molar-refractivity contribution in [1.29, 1.82) is 0 Å². The van der Waals surface area contributed by atoms with E-state index in [9.17, 15) is 19.5 Å². The predicted octanol–water partition coefficient (Wildman–Crippen LogP) is 5.03. The van der Waals surface area contributed by atoms with Crippen LogP contribution in [0.3, 0.4) is 0 Å². The molecular formula is C24H24NO4P. The van der Waals surface area contributed by atoms with Crippen LogP contribution in [0.2, 0.25) is 0 Å². The zero-order valence-electron chi connectivity index (χ0n) is 16.7. The van der Waals surface area contributed by atoms with Gasteiger partial charge in [-0.05, 0) is 41.7 Å². The second kappa shape index (κ2) is 8.11. The molecule has 0 aliphatic heterocycles. The molecule has 0 fully saturated rings. The summed E-state index contributed by atoms with van der Waals surface area (Å²) in [6.45, 7) is 1.89. The van der Waals surface area contributed by atoms with E-state index in [0.717, 1.165) is 26.4 Å². The maximum atomic E-state index is 12.4. The first kappa shape index (κ1) is 20.4. The fourth-order valence-electron chi connectivity index (χ4n) is 4.19. The first-order valence-corrected chi connectivity index (χ1v) is 11.5. The molecule has 0 saturated carbocycles. The molecule has 0 atom stereocenters. The lowest BCUT2D eigenvalue weighted by Gasteiger charge is -2.12. The van der Waals surface area contributed by atoms with E-state index >= 15 is 0 Å². The quantitative estimate of drug-likeness (QED) is 0.381. The number of fused-ring (bicyclic) bond motifs is 1. The highest BCUT2D eigenvalue weighted by Gasteiger charge is 2.29. The third-order valence-corrected chi connectivity index (χ3v) is 6.42. The van der Waals surface area contributed by atoms with E-state index < -0.39 is 7.75 Å². The number of benzene rings is 3. The lowest BCUT2D eigenvalue weighted by atomic mass is 9.94. The van der Waals surface area contributed by atoms with Crippen LogP contribution in [0.1, 0.15) is 34.9 Å². The Morgan fingerprint density at radius 2 is 1.33 bits per heavy atom. The maximum Gasteiger partial charge on any atom is 0.434 e. The highest BCUT2D eigenvalue weighted by atomic mass is 31.2. The van der Waals surface area contributed by atoms with Gasteiger partial charge in [0.15, 0.2) is 0 Å². The summed E-state index contributed by atoms with van der Waals surface area (Å²) in [7, 11) is -4.58. The monoisotopic (exact) mass is 421 g/mol. The Hall–Kier alpha value is -2.85. The molecule has 154 valence electrons. The van der Waals surface area contributed by atoms with Crippen molar-refractivity contribution < 1.29 is 19.5 Å². The van der Waals surface area contributed by atoms with E-state index in [1.165, 1.54) is 6.07 Å². The number of aromatic hydroxyl groups is 1. The molecule has 0 aliphatic carbocycles. The van der Waals surface area contributed by atoms with Gasteiger partial charge in [-0.15, -0.1) is 0 Å². The van der Waals surface area contributed by atoms with Gasteiger partial charge in [-0.1, -0.05) is 67.6 Å². The molecule has 0 radical (unpaired) electrons. The number of phenols is 1. The van der Waals surface area contributed by atoms with Gasteiger partial charge in [-0.2, -0.15) is 0 Å². The van der Waals surface area contributed by atoms with Crippen LogP contribution in [-0.2, 0) is 23.8 Å². The van der Waals surface area contributed by atoms with E-state index in [1.807, 2.05) is 67.6 Å². The molecule has 6 heteroatoms. The van der Waals surface area contributed by atoms with Crippen molar-refractivity contribution in [3.8, 4) is 5.75 Å². The number of hydrogen-bond acceptors (Lipinski definition) is 2. The summed E-state index contributed by atoms with van der Waals surface area (Å²) in [5.41, 5.74) is 4.66. The zero-order valence-corrected chi connectivity index (χ0v) is 17.6. The van der Waals surface area contributed by atoms with E-state index in [2.05, 4.69) is 0 Å². The van der Waals surface area contributed by atoms with Crippen LogP contribution in [0.5, 0.6) is 5.75 Å². The Labute approximate surface area is 175 Å². The first-order chi connectivity index (χ1) is 14.4. The molecule has 0 spiro atoms. The minimum Gasteiger partial charge on any atom is -0.508 e. The fraction of sp³-hybridized carbons (Fsp3) is 0.167. The Morgan fingerprint density at radius 3 is 1.83 bits per heavy atom. The topological polar surface area (TPSA) is 82.7 Å². The van der Waals surface area contributed by atoms with Gasteiger partial charge in [0.05, 0.1) is 5.52 Å². The van der Waals surface area contributed by atoms with Crippen LogP contribution in [0.15, 0.2) is 72.8 Å². The van der Waals surface area contributed by atoms with E-state index in [4.69, 9.17) is 0 Å². The molecule has 0 aliphatic rings. The van der Waals surface area contributed by atoms with Crippen LogP contribution in [0, 0.1) is 0 Å². The molecular weight excluding hydrogens is 397 g/mol. The minimum atomic E-state index is -4.58. The second-order valence-corrected chi connectivity index (χ2v) is 8.81. The van der Waals surface area contributed by atoms with Crippen molar-refractivity contribution in [2.45, 2.75) is 26.2 Å². The Balaban J connectivity index is 2.03. The molecule has 30 heavy (non-hydrogen) atoms. The van der Waals surface area contributed by atoms with Gasteiger partial charge in [-0.3, -0.25) is 4.34 Å². The van der Waals surface area contributed by atoms with E-state index in [1.54, 1.807) is 6.07 Å². The second-order valence-electron chi connectivity index (χ2n) is 7.39. The van der Waals surface area contributed by atoms with Crippen molar-refractivity contribution >= 4 is 18.6 Å². The molecule has 5 nitrogen and oxygen atoms in total. The summed E-state index contributed by atoms with van der Waals surface area (Å²) < 4.78 is 13.6. The van der Waals surface area contributed by atoms with E-state index in [0.29, 0.717) is 36.0 Å². The van der Waals surface area contributed by atoms with Crippen LogP contribution in [0.4, 0.5) is 0 Å². The number of hydrogen-bond donors (Lipinski definition) is 3. The Bertz CT molecular complexity index is 1230. The normalized spacial score (nSPS) is 11.8. The minimum absolute atomic E-state index is 0.131. The lowest BCUT2D eigenvalue weighted by Crippen LogP contribution is -2.02. The van der Waals surface area contributed by atoms with Gasteiger partial charge in [-0.25, -0.2) is 4.57 Å². The van der Waals surface area contributed by atoms with Crippen LogP contribution >= 0.6 is 7.75 Å². The van der Waals surface area contributed by atoms with Crippen molar-refractivity contribution in [2.75, 3.05) is 0 Å². The standard InChI is InChI=1S/C24H24NO4P/c1-2-21-19(15-17-9-5-3-6-10-17)24-20(16-18-11-7-4-8-12-18)23(26)14-13-22(24)25(21)30(27,28)29/h3-14,26H,2,15-16H2,1H3,(H2,27,28,29). The molecule has 1 heterocycles. The third kappa shape index (κ3) is 3.80. The van der Waals surface area contributed by atoms with Crippen molar-refractivity contribution in [1.82, 2.24) is 4.34 Å². The molecule has 3 N–H and O–H groups in total. The van der Waals surface area contributed by atoms with Crippen molar-refractivity contribution in [2.24, 2.45) is 0 Å². The molecule has 0 amide bonds. The average Bonchev–Trinajstić information content (AvgIpc) is 3.05. The summed E-state index contributed by atoms with van der Waals surface area (Å²) >= 11 is 0. The molecule has 0 saturated heterocycles. The number of aromatic nitrogens is 1.